The molecule has 15 nitrogen and oxygen atoms in total. The lowest BCUT2D eigenvalue weighted by atomic mass is 10.1. The van der Waals surface area contributed by atoms with Gasteiger partial charge in [0.05, 0.1) is 25.4 Å². The summed E-state index contributed by atoms with van der Waals surface area (Å²) in [6, 6.07) is 7.35. The molecule has 0 aliphatic carbocycles. The Hall–Kier alpha value is -4.11. The maximum atomic E-state index is 15.0. The van der Waals surface area contributed by atoms with Crippen molar-refractivity contribution in [1.82, 2.24) is 14.5 Å². The number of halogens is 1. The van der Waals surface area contributed by atoms with Crippen molar-refractivity contribution in [1.29, 1.82) is 0 Å². The van der Waals surface area contributed by atoms with Crippen molar-refractivity contribution < 1.29 is 47.2 Å². The molecule has 38 heavy (non-hydrogen) atoms. The van der Waals surface area contributed by atoms with E-state index in [1.807, 2.05) is 0 Å². The zero-order chi connectivity index (χ0) is 27.0. The molecule has 2 N–H and O–H groups in total. The fraction of sp³-hybridized carbons (Fsp3) is 0.286. The molecule has 3 aromatic rings. The average Bonchev–Trinajstić information content (AvgIpc) is 3.46. The SMILES string of the molecule is O=C1OC(COP(=O)(O)O)CN1c1ccc(-c2ccc(OC3COc4nc([N+](=O)[O-])cn4C3)nc2)c(F)c1. The van der Waals surface area contributed by atoms with Crippen molar-refractivity contribution >= 4 is 25.4 Å². The molecule has 0 saturated carbocycles. The molecule has 5 rings (SSSR count). The van der Waals surface area contributed by atoms with E-state index in [9.17, 15) is 23.9 Å². The Morgan fingerprint density at radius 3 is 2.76 bits per heavy atom. The third kappa shape index (κ3) is 5.57. The number of imidazole rings is 1. The fourth-order valence-electron chi connectivity index (χ4n) is 3.92. The lowest BCUT2D eigenvalue weighted by Crippen LogP contribution is -2.34. The molecule has 0 bridgehead atoms. The summed E-state index contributed by atoms with van der Waals surface area (Å²) in [5.74, 6) is -0.733. The van der Waals surface area contributed by atoms with Crippen LogP contribution < -0.4 is 14.4 Å². The topological polar surface area (TPSA) is 189 Å². The number of phosphoric ester groups is 1. The summed E-state index contributed by atoms with van der Waals surface area (Å²) in [7, 11) is -4.72. The van der Waals surface area contributed by atoms with Crippen LogP contribution in [0, 0.1) is 15.9 Å². The van der Waals surface area contributed by atoms with Gasteiger partial charge in [0, 0.05) is 28.4 Å². The number of cyclic esters (lactones) is 1. The molecule has 17 heteroatoms. The number of hydrogen-bond donors (Lipinski definition) is 2. The van der Waals surface area contributed by atoms with Crippen molar-refractivity contribution in [2.24, 2.45) is 0 Å². The molecule has 1 saturated heterocycles. The van der Waals surface area contributed by atoms with Gasteiger partial charge in [0.2, 0.25) is 5.88 Å². The maximum absolute atomic E-state index is 15.0. The van der Waals surface area contributed by atoms with E-state index in [4.69, 9.17) is 24.0 Å². The Kier molecular flexibility index (Phi) is 6.71. The van der Waals surface area contributed by atoms with Gasteiger partial charge in [-0.2, -0.15) is 0 Å². The molecular weight excluding hydrogens is 532 g/mol. The number of benzene rings is 1. The quantitative estimate of drug-likeness (QED) is 0.236. The van der Waals surface area contributed by atoms with Gasteiger partial charge in [-0.25, -0.2) is 18.7 Å². The van der Waals surface area contributed by atoms with Gasteiger partial charge < -0.3 is 34.1 Å². The predicted molar refractivity (Wildman–Crippen MR) is 124 cm³/mol. The van der Waals surface area contributed by atoms with Crippen LogP contribution in [0.15, 0.2) is 42.7 Å². The molecule has 0 radical (unpaired) electrons. The Balaban J connectivity index is 1.22. The van der Waals surface area contributed by atoms with E-state index in [1.165, 1.54) is 35.2 Å². The second-order valence-corrected chi connectivity index (χ2v) is 9.53. The first-order chi connectivity index (χ1) is 18.1. The van der Waals surface area contributed by atoms with Gasteiger partial charge in [0.25, 0.3) is 0 Å². The van der Waals surface area contributed by atoms with E-state index in [0.29, 0.717) is 5.56 Å². The van der Waals surface area contributed by atoms with Crippen LogP contribution in [0.2, 0.25) is 0 Å². The van der Waals surface area contributed by atoms with Gasteiger partial charge in [-0.1, -0.05) is 0 Å². The van der Waals surface area contributed by atoms with Gasteiger partial charge >= 0.3 is 25.7 Å². The maximum Gasteiger partial charge on any atom is 0.469 e. The summed E-state index contributed by atoms with van der Waals surface area (Å²) in [4.78, 5) is 49.1. The first-order valence-electron chi connectivity index (χ1n) is 11.0. The molecule has 1 amide bonds. The number of carbonyl (C=O) groups excluding carboxylic acids is 1. The Labute approximate surface area is 212 Å². The monoisotopic (exact) mass is 551 g/mol. The van der Waals surface area contributed by atoms with Crippen molar-refractivity contribution in [3.63, 3.8) is 0 Å². The third-order valence-electron chi connectivity index (χ3n) is 5.61. The number of amides is 1. The van der Waals surface area contributed by atoms with E-state index < -0.39 is 43.5 Å². The zero-order valence-corrected chi connectivity index (χ0v) is 20.1. The number of aromatic nitrogens is 3. The Morgan fingerprint density at radius 1 is 1.26 bits per heavy atom. The second kappa shape index (κ2) is 9.98. The molecule has 200 valence electrons. The molecule has 1 fully saturated rings. The highest BCUT2D eigenvalue weighted by atomic mass is 31.2. The number of pyridine rings is 1. The third-order valence-corrected chi connectivity index (χ3v) is 6.10. The number of nitrogens with zero attached hydrogens (tertiary/aromatic N) is 5. The van der Waals surface area contributed by atoms with E-state index in [2.05, 4.69) is 14.5 Å². The smallest absolute Gasteiger partial charge is 0.469 e. The van der Waals surface area contributed by atoms with Gasteiger partial charge in [-0.15, -0.1) is 0 Å². The van der Waals surface area contributed by atoms with E-state index in [1.54, 1.807) is 6.07 Å². The molecule has 0 spiro atoms. The van der Waals surface area contributed by atoms with Crippen LogP contribution in [0.4, 0.5) is 20.7 Å². The van der Waals surface area contributed by atoms with Gasteiger partial charge in [-0.05, 0) is 29.2 Å². The Morgan fingerprint density at radius 2 is 2.08 bits per heavy atom. The summed E-state index contributed by atoms with van der Waals surface area (Å²) in [5.41, 5.74) is 0.836. The minimum Gasteiger partial charge on any atom is -0.469 e. The van der Waals surface area contributed by atoms with Gasteiger partial charge in [0.15, 0.2) is 6.10 Å². The minimum absolute atomic E-state index is 0.0794. The standard InChI is InChI=1S/C21H19FN5O10P/c22-17-5-13(26-8-15(37-21(26)28)11-35-38(31,32)33)2-3-16(17)12-1-4-19(23-6-12)36-14-7-25-9-18(27(29)30)24-20(25)34-10-14/h1-6,9,14-15H,7-8,10-11H2,(H2,31,32,33). The molecule has 2 aliphatic heterocycles. The normalized spacial score (nSPS) is 19.0. The van der Waals surface area contributed by atoms with Crippen LogP contribution in [0.3, 0.4) is 0 Å². The number of rotatable bonds is 8. The van der Waals surface area contributed by atoms with Crippen LogP contribution in [0.25, 0.3) is 11.1 Å². The summed E-state index contributed by atoms with van der Waals surface area (Å²) >= 11 is 0. The van der Waals surface area contributed by atoms with Crippen LogP contribution >= 0.6 is 7.82 Å². The lowest BCUT2D eigenvalue weighted by molar-refractivity contribution is -0.389. The van der Waals surface area contributed by atoms with E-state index in [0.717, 1.165) is 11.0 Å². The molecular formula is C21H19FN5O10P. The summed E-state index contributed by atoms with van der Waals surface area (Å²) in [6.07, 6.45) is 0.445. The first kappa shape index (κ1) is 25.5. The second-order valence-electron chi connectivity index (χ2n) is 8.29. The highest BCUT2D eigenvalue weighted by Gasteiger charge is 2.34. The predicted octanol–water partition coefficient (Wildman–Crippen LogP) is 2.27. The van der Waals surface area contributed by atoms with Crippen LogP contribution in [0.5, 0.6) is 11.9 Å². The number of hydrogen-bond acceptors (Lipinski definition) is 10. The molecule has 2 aliphatic rings. The van der Waals surface area contributed by atoms with Gasteiger partial charge in [0.1, 0.15) is 24.7 Å². The van der Waals surface area contributed by atoms with Crippen LogP contribution in [-0.2, 0) is 20.4 Å². The van der Waals surface area contributed by atoms with Crippen molar-refractivity contribution in [3.05, 3.63) is 58.7 Å². The number of nitro groups is 1. The molecule has 2 atom stereocenters. The highest BCUT2D eigenvalue weighted by Crippen LogP contribution is 2.37. The van der Waals surface area contributed by atoms with Crippen molar-refractivity contribution in [2.45, 2.75) is 18.8 Å². The van der Waals surface area contributed by atoms with Crippen LogP contribution in [-0.4, -0.2) is 67.3 Å². The number of carbonyl (C=O) groups is 1. The summed E-state index contributed by atoms with van der Waals surface area (Å²) < 4.78 is 47.9. The minimum atomic E-state index is -4.72. The number of anilines is 1. The lowest BCUT2D eigenvalue weighted by Gasteiger charge is -2.22. The van der Waals surface area contributed by atoms with E-state index in [-0.39, 0.29) is 48.7 Å². The highest BCUT2D eigenvalue weighted by molar-refractivity contribution is 7.46. The number of ether oxygens (including phenoxy) is 3. The number of fused-ring (bicyclic) bond motifs is 1. The molecule has 2 unspecified atom stereocenters. The summed E-state index contributed by atoms with van der Waals surface area (Å²) in [6.45, 7) is -0.215. The first-order valence-corrected chi connectivity index (χ1v) is 12.5. The molecule has 1 aromatic carbocycles. The van der Waals surface area contributed by atoms with E-state index >= 15 is 0 Å². The van der Waals surface area contributed by atoms with Crippen molar-refractivity contribution in [3.8, 4) is 23.0 Å². The number of phosphoric acid groups is 1. The largest absolute Gasteiger partial charge is 0.469 e. The Bertz CT molecular complexity index is 1430. The van der Waals surface area contributed by atoms with Crippen molar-refractivity contribution in [2.75, 3.05) is 24.7 Å². The fourth-order valence-corrected chi connectivity index (χ4v) is 4.28. The average molecular weight is 551 g/mol. The van der Waals surface area contributed by atoms with Gasteiger partial charge in [-0.3, -0.25) is 14.0 Å². The molecule has 4 heterocycles. The zero-order valence-electron chi connectivity index (χ0n) is 19.2. The van der Waals surface area contributed by atoms with Crippen LogP contribution in [0.1, 0.15) is 0 Å². The molecule has 2 aromatic heterocycles. The summed E-state index contributed by atoms with van der Waals surface area (Å²) in [5, 5.41) is 10.9.